The highest BCUT2D eigenvalue weighted by atomic mass is 19.3. The lowest BCUT2D eigenvalue weighted by Crippen LogP contribution is -2.37. The molecule has 1 aliphatic heterocycles. The number of hydrogen-bond donors (Lipinski definition) is 2. The van der Waals surface area contributed by atoms with Crippen LogP contribution in [0.5, 0.6) is 5.75 Å². The lowest BCUT2D eigenvalue weighted by molar-refractivity contribution is -0.116. The molecule has 0 radical (unpaired) electrons. The molecule has 0 aliphatic carbocycles. The first-order valence-corrected chi connectivity index (χ1v) is 5.82. The van der Waals surface area contributed by atoms with E-state index in [0.717, 1.165) is 13.2 Å². The Bertz CT molecular complexity index is 607. The summed E-state index contributed by atoms with van der Waals surface area (Å²) in [6.45, 7) is -1.73. The van der Waals surface area contributed by atoms with Crippen molar-refractivity contribution in [1.29, 1.82) is 0 Å². The van der Waals surface area contributed by atoms with Crippen molar-refractivity contribution in [3.63, 3.8) is 0 Å². The molecule has 0 spiro atoms. The van der Waals surface area contributed by atoms with Crippen molar-refractivity contribution in [3.05, 3.63) is 17.4 Å². The zero-order valence-electron chi connectivity index (χ0n) is 11.0. The predicted octanol–water partition coefficient (Wildman–Crippen LogP) is 1.97. The van der Waals surface area contributed by atoms with Crippen LogP contribution in [-0.2, 0) is 9.53 Å². The van der Waals surface area contributed by atoms with Crippen LogP contribution in [-0.4, -0.2) is 31.6 Å². The Morgan fingerprint density at radius 2 is 2.05 bits per heavy atom. The number of carbonyl (C=O) groups is 2. The topological polar surface area (TPSA) is 76.7 Å². The van der Waals surface area contributed by atoms with Gasteiger partial charge < -0.3 is 20.1 Å². The number of methoxy groups -OCH3 is 1. The van der Waals surface area contributed by atoms with Gasteiger partial charge in [-0.3, -0.25) is 4.79 Å². The summed E-state index contributed by atoms with van der Waals surface area (Å²) in [5.74, 6) is -3.21. The number of alkyl halides is 2. The predicted molar refractivity (Wildman–Crippen MR) is 66.1 cm³/mol. The normalized spacial score (nSPS) is 16.9. The Balaban J connectivity index is 2.62. The zero-order chi connectivity index (χ0) is 15.7. The maximum absolute atomic E-state index is 14.2. The van der Waals surface area contributed by atoms with Gasteiger partial charge in [-0.1, -0.05) is 0 Å². The van der Waals surface area contributed by atoms with Crippen molar-refractivity contribution in [1.82, 2.24) is 0 Å². The lowest BCUT2D eigenvalue weighted by Gasteiger charge is -2.27. The maximum Gasteiger partial charge on any atom is 0.387 e. The number of rotatable bonds is 3. The van der Waals surface area contributed by atoms with E-state index >= 15 is 0 Å². The first-order valence-electron chi connectivity index (χ1n) is 5.82. The molecular formula is C12H11F3N2O4. The molecule has 114 valence electrons. The van der Waals surface area contributed by atoms with Crippen molar-refractivity contribution in [2.24, 2.45) is 0 Å². The molecule has 2 N–H and O–H groups in total. The summed E-state index contributed by atoms with van der Waals surface area (Å²) >= 11 is 0. The van der Waals surface area contributed by atoms with E-state index in [0.29, 0.717) is 0 Å². The summed E-state index contributed by atoms with van der Waals surface area (Å²) in [4.78, 5) is 23.0. The quantitative estimate of drug-likeness (QED) is 0.835. The van der Waals surface area contributed by atoms with Crippen LogP contribution in [0.3, 0.4) is 0 Å². The molecule has 0 bridgehead atoms. The van der Waals surface area contributed by atoms with Gasteiger partial charge in [0, 0.05) is 6.07 Å². The molecule has 6 nitrogen and oxygen atoms in total. The summed E-state index contributed by atoms with van der Waals surface area (Å²) < 4.78 is 47.7. The highest BCUT2D eigenvalue weighted by Gasteiger charge is 2.31. The fourth-order valence-electron chi connectivity index (χ4n) is 1.86. The van der Waals surface area contributed by atoms with Gasteiger partial charge in [-0.15, -0.1) is 0 Å². The number of fused-ring (bicyclic) bond motifs is 1. The molecule has 0 aromatic heterocycles. The highest BCUT2D eigenvalue weighted by molar-refractivity contribution is 6.06. The van der Waals surface area contributed by atoms with E-state index in [1.807, 2.05) is 0 Å². The second kappa shape index (κ2) is 5.51. The van der Waals surface area contributed by atoms with Crippen LogP contribution >= 0.6 is 0 Å². The number of esters is 1. The summed E-state index contributed by atoms with van der Waals surface area (Å²) in [6.07, 6.45) is 0. The van der Waals surface area contributed by atoms with Crippen LogP contribution in [0.25, 0.3) is 0 Å². The molecule has 1 unspecified atom stereocenters. The number of benzene rings is 1. The van der Waals surface area contributed by atoms with Gasteiger partial charge >= 0.3 is 12.6 Å². The Morgan fingerprint density at radius 1 is 1.38 bits per heavy atom. The molecule has 1 aliphatic rings. The van der Waals surface area contributed by atoms with Gasteiger partial charge in [-0.2, -0.15) is 8.78 Å². The van der Waals surface area contributed by atoms with Gasteiger partial charge in [0.2, 0.25) is 5.91 Å². The van der Waals surface area contributed by atoms with Gasteiger partial charge in [-0.05, 0) is 6.92 Å². The number of ether oxygens (including phenoxy) is 2. The van der Waals surface area contributed by atoms with Crippen molar-refractivity contribution >= 4 is 23.3 Å². The van der Waals surface area contributed by atoms with Gasteiger partial charge in [0.1, 0.15) is 23.0 Å². The van der Waals surface area contributed by atoms with Crippen LogP contribution in [0.2, 0.25) is 0 Å². The first-order chi connectivity index (χ1) is 9.85. The average Bonchev–Trinajstić information content (AvgIpc) is 2.42. The molecule has 0 fully saturated rings. The van der Waals surface area contributed by atoms with E-state index in [9.17, 15) is 22.8 Å². The molecule has 21 heavy (non-hydrogen) atoms. The third-order valence-corrected chi connectivity index (χ3v) is 2.85. The second-order valence-corrected chi connectivity index (χ2v) is 4.21. The van der Waals surface area contributed by atoms with E-state index in [-0.39, 0.29) is 5.69 Å². The molecule has 1 amide bonds. The molecule has 2 rings (SSSR count). The molecule has 9 heteroatoms. The summed E-state index contributed by atoms with van der Waals surface area (Å²) in [7, 11) is 1.01. The summed E-state index contributed by atoms with van der Waals surface area (Å²) in [5.41, 5.74) is -1.22. The number of halogens is 3. The van der Waals surface area contributed by atoms with Crippen molar-refractivity contribution in [2.75, 3.05) is 17.7 Å². The van der Waals surface area contributed by atoms with E-state index in [1.54, 1.807) is 0 Å². The van der Waals surface area contributed by atoms with Crippen molar-refractivity contribution < 1.29 is 32.2 Å². The summed E-state index contributed by atoms with van der Waals surface area (Å²) in [5, 5.41) is 4.75. The van der Waals surface area contributed by atoms with Gasteiger partial charge in [0.15, 0.2) is 11.6 Å². The smallest absolute Gasteiger partial charge is 0.387 e. The van der Waals surface area contributed by atoms with Crippen molar-refractivity contribution in [2.45, 2.75) is 19.6 Å². The third-order valence-electron chi connectivity index (χ3n) is 2.85. The van der Waals surface area contributed by atoms with E-state index in [1.165, 1.54) is 6.92 Å². The Morgan fingerprint density at radius 3 is 2.62 bits per heavy atom. The van der Waals surface area contributed by atoms with Crippen LogP contribution in [0.15, 0.2) is 6.07 Å². The molecule has 0 saturated heterocycles. The minimum atomic E-state index is -3.18. The standard InChI is InChI=1S/C12H11F3N2O4/c1-4-10(18)17-9-7(13)5(11(19)20-2)3-6(8(9)16-4)21-12(14)15/h3-4,12,16H,1-2H3,(H,17,18). The number of carbonyl (C=O) groups excluding carboxylic acids is 2. The largest absolute Gasteiger partial charge is 0.465 e. The highest BCUT2D eigenvalue weighted by Crippen LogP contribution is 2.40. The van der Waals surface area contributed by atoms with E-state index < -0.39 is 47.3 Å². The molecule has 1 atom stereocenters. The molecule has 1 aromatic carbocycles. The SMILES string of the molecule is COC(=O)c1cc(OC(F)F)c2c(c1F)NC(=O)C(C)N2. The van der Waals surface area contributed by atoms with E-state index in [2.05, 4.69) is 20.1 Å². The van der Waals surface area contributed by atoms with Gasteiger partial charge in [0.25, 0.3) is 0 Å². The fourth-order valence-corrected chi connectivity index (χ4v) is 1.86. The van der Waals surface area contributed by atoms with Crippen molar-refractivity contribution in [3.8, 4) is 5.75 Å². The fraction of sp³-hybridized carbons (Fsp3) is 0.333. The Kier molecular flexibility index (Phi) is 3.92. The zero-order valence-corrected chi connectivity index (χ0v) is 11.0. The van der Waals surface area contributed by atoms with Gasteiger partial charge in [0.05, 0.1) is 7.11 Å². The minimum absolute atomic E-state index is 0.160. The van der Waals surface area contributed by atoms with Crippen LogP contribution in [0.1, 0.15) is 17.3 Å². The number of nitrogens with one attached hydrogen (secondary N) is 2. The van der Waals surface area contributed by atoms with Crippen LogP contribution in [0.4, 0.5) is 24.5 Å². The average molecular weight is 304 g/mol. The van der Waals surface area contributed by atoms with E-state index in [4.69, 9.17) is 0 Å². The van der Waals surface area contributed by atoms with Crippen LogP contribution in [0, 0.1) is 5.82 Å². The lowest BCUT2D eigenvalue weighted by atomic mass is 10.1. The molecule has 1 heterocycles. The monoisotopic (exact) mass is 304 g/mol. The van der Waals surface area contributed by atoms with Crippen LogP contribution < -0.4 is 15.4 Å². The molecule has 0 saturated carbocycles. The first kappa shape index (κ1) is 14.9. The Labute approximate surface area is 117 Å². The number of hydrogen-bond acceptors (Lipinski definition) is 5. The molecular weight excluding hydrogens is 293 g/mol. The number of anilines is 2. The maximum atomic E-state index is 14.2. The third kappa shape index (κ3) is 2.71. The van der Waals surface area contributed by atoms with Gasteiger partial charge in [-0.25, -0.2) is 9.18 Å². The minimum Gasteiger partial charge on any atom is -0.465 e. The summed E-state index contributed by atoms with van der Waals surface area (Å²) in [6, 6.07) is 0.0181. The molecule has 1 aromatic rings. The Hall–Kier alpha value is -2.45. The number of amides is 1. The second-order valence-electron chi connectivity index (χ2n) is 4.21.